The Labute approximate surface area is 179 Å². The minimum absolute atomic E-state index is 0.341. The van der Waals surface area contributed by atoms with Crippen LogP contribution in [0, 0.1) is 5.82 Å². The van der Waals surface area contributed by atoms with Crippen LogP contribution in [0.3, 0.4) is 0 Å². The minimum Gasteiger partial charge on any atom is -0.497 e. The zero-order chi connectivity index (χ0) is 21.8. The van der Waals surface area contributed by atoms with Crippen molar-refractivity contribution in [1.29, 1.82) is 0 Å². The Morgan fingerprint density at radius 2 is 1.87 bits per heavy atom. The lowest BCUT2D eigenvalue weighted by molar-refractivity contribution is 0.102. The van der Waals surface area contributed by atoms with Gasteiger partial charge in [-0.1, -0.05) is 18.2 Å². The van der Waals surface area contributed by atoms with E-state index in [1.165, 1.54) is 12.1 Å². The van der Waals surface area contributed by atoms with E-state index in [0.717, 1.165) is 22.4 Å². The first-order valence-electron chi connectivity index (χ1n) is 9.86. The number of halogens is 1. The van der Waals surface area contributed by atoms with Gasteiger partial charge in [0.15, 0.2) is 0 Å². The molecule has 0 spiro atoms. The number of rotatable bonds is 6. The van der Waals surface area contributed by atoms with Crippen molar-refractivity contribution in [2.24, 2.45) is 0 Å². The molecule has 4 aromatic rings. The van der Waals surface area contributed by atoms with E-state index in [2.05, 4.69) is 5.32 Å². The Kier molecular flexibility index (Phi) is 5.80. The molecule has 4 rings (SSSR count). The number of hydrogen-bond acceptors (Lipinski definition) is 4. The Morgan fingerprint density at radius 3 is 2.65 bits per heavy atom. The lowest BCUT2D eigenvalue weighted by Crippen LogP contribution is -2.12. The van der Waals surface area contributed by atoms with Crippen LogP contribution in [0.1, 0.15) is 17.3 Å². The van der Waals surface area contributed by atoms with Crippen molar-refractivity contribution in [3.05, 3.63) is 84.2 Å². The first kappa shape index (κ1) is 20.3. The van der Waals surface area contributed by atoms with Crippen LogP contribution in [0.4, 0.5) is 10.1 Å². The molecule has 0 aliphatic carbocycles. The molecule has 0 radical (unpaired) electrons. The number of carbonyl (C=O) groups excluding carboxylic acids is 1. The second kappa shape index (κ2) is 8.83. The highest BCUT2D eigenvalue weighted by molar-refractivity contribution is 6.07. The lowest BCUT2D eigenvalue weighted by Gasteiger charge is -2.12. The molecule has 3 aromatic carbocycles. The molecule has 0 saturated heterocycles. The summed E-state index contributed by atoms with van der Waals surface area (Å²) in [6, 6.07) is 20.5. The van der Waals surface area contributed by atoms with Crippen molar-refractivity contribution >= 4 is 22.5 Å². The van der Waals surface area contributed by atoms with E-state index in [4.69, 9.17) is 14.5 Å². The van der Waals surface area contributed by atoms with Crippen molar-refractivity contribution in [3.8, 4) is 22.8 Å². The maximum Gasteiger partial charge on any atom is 0.255 e. The number of amides is 1. The quantitative estimate of drug-likeness (QED) is 0.438. The van der Waals surface area contributed by atoms with E-state index in [1.807, 2.05) is 37.3 Å². The minimum atomic E-state index is -0.413. The van der Waals surface area contributed by atoms with Gasteiger partial charge in [-0.25, -0.2) is 9.37 Å². The molecule has 1 heterocycles. The maximum atomic E-state index is 13.4. The molecule has 5 nitrogen and oxygen atoms in total. The van der Waals surface area contributed by atoms with E-state index in [1.54, 1.807) is 37.4 Å². The number of methoxy groups -OCH3 is 1. The third-order valence-electron chi connectivity index (χ3n) is 4.78. The topological polar surface area (TPSA) is 60.5 Å². The molecule has 0 aliphatic rings. The first-order valence-corrected chi connectivity index (χ1v) is 9.86. The molecule has 1 N–H and O–H groups in total. The van der Waals surface area contributed by atoms with Gasteiger partial charge in [-0.05, 0) is 55.5 Å². The molecule has 156 valence electrons. The highest BCUT2D eigenvalue weighted by atomic mass is 19.1. The van der Waals surface area contributed by atoms with Gasteiger partial charge in [-0.3, -0.25) is 4.79 Å². The van der Waals surface area contributed by atoms with Crippen molar-refractivity contribution in [1.82, 2.24) is 4.98 Å². The molecule has 6 heteroatoms. The normalized spacial score (nSPS) is 10.7. The van der Waals surface area contributed by atoms with Crippen LogP contribution in [0.2, 0.25) is 0 Å². The third-order valence-corrected chi connectivity index (χ3v) is 4.78. The molecular weight excluding hydrogens is 395 g/mol. The summed E-state index contributed by atoms with van der Waals surface area (Å²) < 4.78 is 24.6. The average molecular weight is 416 g/mol. The van der Waals surface area contributed by atoms with E-state index in [-0.39, 0.29) is 5.91 Å². The van der Waals surface area contributed by atoms with Crippen LogP contribution in [-0.2, 0) is 0 Å². The number of pyridine rings is 1. The van der Waals surface area contributed by atoms with Gasteiger partial charge in [-0.2, -0.15) is 0 Å². The van der Waals surface area contributed by atoms with Crippen LogP contribution in [0.5, 0.6) is 11.5 Å². The van der Waals surface area contributed by atoms with Crippen molar-refractivity contribution in [2.45, 2.75) is 6.92 Å². The number of fused-ring (bicyclic) bond motifs is 1. The van der Waals surface area contributed by atoms with Gasteiger partial charge in [0.2, 0.25) is 0 Å². The highest BCUT2D eigenvalue weighted by Gasteiger charge is 2.13. The van der Waals surface area contributed by atoms with Crippen LogP contribution in [-0.4, -0.2) is 24.6 Å². The van der Waals surface area contributed by atoms with Gasteiger partial charge in [0.05, 0.1) is 24.9 Å². The van der Waals surface area contributed by atoms with E-state index < -0.39 is 5.82 Å². The number of ether oxygens (including phenoxy) is 2. The zero-order valence-electron chi connectivity index (χ0n) is 17.2. The predicted molar refractivity (Wildman–Crippen MR) is 119 cm³/mol. The Balaban J connectivity index is 1.73. The summed E-state index contributed by atoms with van der Waals surface area (Å²) in [4.78, 5) is 17.4. The number of carbonyl (C=O) groups is 1. The second-order valence-corrected chi connectivity index (χ2v) is 6.87. The van der Waals surface area contributed by atoms with Gasteiger partial charge in [-0.15, -0.1) is 0 Å². The summed E-state index contributed by atoms with van der Waals surface area (Å²) in [5.41, 5.74) is 3.16. The summed E-state index contributed by atoms with van der Waals surface area (Å²) in [5, 5.41) is 3.43. The van der Waals surface area contributed by atoms with Crippen LogP contribution < -0.4 is 14.8 Å². The van der Waals surface area contributed by atoms with E-state index >= 15 is 0 Å². The Morgan fingerprint density at radius 1 is 1.03 bits per heavy atom. The fourth-order valence-corrected chi connectivity index (χ4v) is 3.31. The fourth-order valence-electron chi connectivity index (χ4n) is 3.31. The van der Waals surface area contributed by atoms with Gasteiger partial charge in [0, 0.05) is 28.3 Å². The number of benzene rings is 3. The molecule has 1 aromatic heterocycles. The number of nitrogens with one attached hydrogen (secondary N) is 1. The van der Waals surface area contributed by atoms with Crippen molar-refractivity contribution in [3.63, 3.8) is 0 Å². The van der Waals surface area contributed by atoms with Crippen LogP contribution in [0.25, 0.3) is 22.2 Å². The van der Waals surface area contributed by atoms with Crippen LogP contribution >= 0.6 is 0 Å². The Bertz CT molecular complexity index is 1260. The summed E-state index contributed by atoms with van der Waals surface area (Å²) in [5.74, 6) is 0.614. The first-order chi connectivity index (χ1) is 15.1. The highest BCUT2D eigenvalue weighted by Crippen LogP contribution is 2.32. The molecule has 1 amide bonds. The summed E-state index contributed by atoms with van der Waals surface area (Å²) in [6.07, 6.45) is 0. The molecule has 0 fully saturated rings. The van der Waals surface area contributed by atoms with E-state index in [9.17, 15) is 9.18 Å². The molecule has 0 saturated carbocycles. The molecule has 0 aliphatic heterocycles. The number of hydrogen-bond donors (Lipinski definition) is 1. The monoisotopic (exact) mass is 416 g/mol. The molecule has 31 heavy (non-hydrogen) atoms. The van der Waals surface area contributed by atoms with Gasteiger partial charge in [0.1, 0.15) is 17.3 Å². The van der Waals surface area contributed by atoms with Gasteiger partial charge >= 0.3 is 0 Å². The van der Waals surface area contributed by atoms with Gasteiger partial charge < -0.3 is 14.8 Å². The van der Waals surface area contributed by atoms with Gasteiger partial charge in [0.25, 0.3) is 5.91 Å². The fraction of sp³-hybridized carbons (Fsp3) is 0.120. The summed E-state index contributed by atoms with van der Waals surface area (Å²) >= 11 is 0. The molecule has 0 atom stereocenters. The SMILES string of the molecule is CCOc1cc(-c2cccc(OC)c2)nc2ccc(C(=O)Nc3cccc(F)c3)cc12. The molecule has 0 unspecified atom stereocenters. The smallest absolute Gasteiger partial charge is 0.255 e. The summed E-state index contributed by atoms with van der Waals surface area (Å²) in [6.45, 7) is 2.37. The average Bonchev–Trinajstić information content (AvgIpc) is 2.79. The standard InChI is InChI=1S/C25H21FN2O3/c1-3-31-24-15-23(16-6-4-9-20(12-16)30-2)28-22-11-10-17(13-21(22)24)25(29)27-19-8-5-7-18(26)14-19/h4-15H,3H2,1-2H3,(H,27,29). The second-order valence-electron chi connectivity index (χ2n) is 6.87. The lowest BCUT2D eigenvalue weighted by atomic mass is 10.1. The van der Waals surface area contributed by atoms with Crippen molar-refractivity contribution in [2.75, 3.05) is 19.0 Å². The number of aromatic nitrogens is 1. The summed E-state index contributed by atoms with van der Waals surface area (Å²) in [7, 11) is 1.62. The largest absolute Gasteiger partial charge is 0.497 e. The maximum absolute atomic E-state index is 13.4. The molecular formula is C25H21FN2O3. The van der Waals surface area contributed by atoms with Crippen molar-refractivity contribution < 1.29 is 18.7 Å². The van der Waals surface area contributed by atoms with Crippen LogP contribution in [0.15, 0.2) is 72.8 Å². The zero-order valence-corrected chi connectivity index (χ0v) is 17.2. The third kappa shape index (κ3) is 4.48. The molecule has 0 bridgehead atoms. The van der Waals surface area contributed by atoms with E-state index in [0.29, 0.717) is 29.1 Å². The predicted octanol–water partition coefficient (Wildman–Crippen LogP) is 5.70. The number of anilines is 1. The Hall–Kier alpha value is -3.93. The number of nitrogens with zero attached hydrogens (tertiary/aromatic N) is 1.